The van der Waals surface area contributed by atoms with E-state index in [0.29, 0.717) is 6.42 Å². The van der Waals surface area contributed by atoms with Crippen molar-refractivity contribution >= 4 is 11.0 Å². The van der Waals surface area contributed by atoms with Crippen molar-refractivity contribution in [1.29, 1.82) is 0 Å². The minimum atomic E-state index is -0.592. The van der Waals surface area contributed by atoms with Gasteiger partial charge in [0.15, 0.2) is 11.6 Å². The normalized spacial score (nSPS) is 11.1. The number of phenols is 1. The van der Waals surface area contributed by atoms with Crippen LogP contribution < -0.4 is 0 Å². The molecule has 0 saturated heterocycles. The summed E-state index contributed by atoms with van der Waals surface area (Å²) in [5.41, 5.74) is 2.87. The van der Waals surface area contributed by atoms with Gasteiger partial charge >= 0.3 is 0 Å². The van der Waals surface area contributed by atoms with Crippen molar-refractivity contribution in [2.75, 3.05) is 0 Å². The highest BCUT2D eigenvalue weighted by atomic mass is 19.1. The number of rotatable bonds is 4. The molecule has 1 heterocycles. The Hall–Kier alpha value is -2.36. The molecule has 0 bridgehead atoms. The Labute approximate surface area is 122 Å². The number of phenolic OH excluding ortho intramolecular Hbond substituents is 1. The summed E-state index contributed by atoms with van der Waals surface area (Å²) in [6.45, 7) is 3.01. The maximum atomic E-state index is 13.5. The number of benzene rings is 2. The van der Waals surface area contributed by atoms with E-state index in [-0.39, 0.29) is 5.75 Å². The van der Waals surface area contributed by atoms with Gasteiger partial charge in [0, 0.05) is 13.0 Å². The minimum Gasteiger partial charge on any atom is -0.505 e. The number of aryl methyl sites for hydroxylation is 1. The third-order valence-electron chi connectivity index (χ3n) is 3.56. The van der Waals surface area contributed by atoms with Gasteiger partial charge in [-0.1, -0.05) is 25.1 Å². The third kappa shape index (κ3) is 2.61. The van der Waals surface area contributed by atoms with Crippen LogP contribution in [-0.4, -0.2) is 14.7 Å². The number of para-hydroxylation sites is 2. The lowest BCUT2D eigenvalue weighted by molar-refractivity contribution is 0.432. The average molecular weight is 284 g/mol. The van der Waals surface area contributed by atoms with E-state index in [4.69, 9.17) is 0 Å². The highest BCUT2D eigenvalue weighted by Gasteiger charge is 2.11. The minimum absolute atomic E-state index is 0.319. The van der Waals surface area contributed by atoms with Crippen LogP contribution in [0.2, 0.25) is 0 Å². The monoisotopic (exact) mass is 284 g/mol. The first kappa shape index (κ1) is 13.6. The van der Waals surface area contributed by atoms with Crippen molar-refractivity contribution in [2.24, 2.45) is 0 Å². The molecule has 0 aliphatic heterocycles. The second-order valence-corrected chi connectivity index (χ2v) is 5.13. The Morgan fingerprint density at radius 1 is 1.19 bits per heavy atom. The summed E-state index contributed by atoms with van der Waals surface area (Å²) < 4.78 is 15.6. The lowest BCUT2D eigenvalue weighted by Gasteiger charge is -2.08. The van der Waals surface area contributed by atoms with Crippen LogP contribution in [0.1, 0.15) is 24.7 Å². The second-order valence-electron chi connectivity index (χ2n) is 5.13. The molecule has 21 heavy (non-hydrogen) atoms. The molecule has 0 amide bonds. The molecule has 0 aliphatic rings. The molecule has 108 valence electrons. The molecule has 3 nitrogen and oxygen atoms in total. The summed E-state index contributed by atoms with van der Waals surface area (Å²) >= 11 is 0. The largest absolute Gasteiger partial charge is 0.505 e. The fraction of sp³-hybridized carbons (Fsp3) is 0.235. The number of hydrogen-bond acceptors (Lipinski definition) is 2. The number of fused-ring (bicyclic) bond motifs is 1. The molecule has 0 unspecified atom stereocenters. The molecule has 1 N–H and O–H groups in total. The fourth-order valence-electron chi connectivity index (χ4n) is 2.58. The number of halogens is 1. The van der Waals surface area contributed by atoms with Gasteiger partial charge in [0.1, 0.15) is 5.82 Å². The van der Waals surface area contributed by atoms with Crippen LogP contribution in [0.5, 0.6) is 5.75 Å². The van der Waals surface area contributed by atoms with Crippen molar-refractivity contribution in [2.45, 2.75) is 26.3 Å². The van der Waals surface area contributed by atoms with Crippen LogP contribution in [0.25, 0.3) is 11.0 Å². The topological polar surface area (TPSA) is 38.0 Å². The second kappa shape index (κ2) is 5.56. The number of aromatic hydroxyl groups is 1. The zero-order chi connectivity index (χ0) is 14.8. The lowest BCUT2D eigenvalue weighted by atomic mass is 10.1. The van der Waals surface area contributed by atoms with E-state index in [9.17, 15) is 9.50 Å². The van der Waals surface area contributed by atoms with Crippen molar-refractivity contribution in [3.63, 3.8) is 0 Å². The van der Waals surface area contributed by atoms with Gasteiger partial charge in [-0.25, -0.2) is 9.37 Å². The van der Waals surface area contributed by atoms with Gasteiger partial charge in [0.25, 0.3) is 0 Å². The molecule has 0 aliphatic carbocycles. The maximum Gasteiger partial charge on any atom is 0.165 e. The summed E-state index contributed by atoms with van der Waals surface area (Å²) in [4.78, 5) is 4.66. The van der Waals surface area contributed by atoms with Gasteiger partial charge in [-0.15, -0.1) is 0 Å². The van der Waals surface area contributed by atoms with E-state index in [0.717, 1.165) is 35.4 Å². The molecule has 1 aromatic heterocycles. The van der Waals surface area contributed by atoms with Gasteiger partial charge in [-0.05, 0) is 36.2 Å². The molecule has 0 fully saturated rings. The van der Waals surface area contributed by atoms with E-state index in [1.54, 1.807) is 6.07 Å². The summed E-state index contributed by atoms with van der Waals surface area (Å²) in [7, 11) is 0. The summed E-state index contributed by atoms with van der Waals surface area (Å²) in [6, 6.07) is 12.5. The zero-order valence-electron chi connectivity index (χ0n) is 11.9. The highest BCUT2D eigenvalue weighted by Crippen LogP contribution is 2.21. The quantitative estimate of drug-likeness (QED) is 0.789. The zero-order valence-corrected chi connectivity index (χ0v) is 11.9. The lowest BCUT2D eigenvalue weighted by Crippen LogP contribution is -2.04. The Morgan fingerprint density at radius 2 is 2.00 bits per heavy atom. The summed E-state index contributed by atoms with van der Waals surface area (Å²) in [5, 5.41) is 9.27. The molecule has 4 heteroatoms. The van der Waals surface area contributed by atoms with E-state index in [1.165, 1.54) is 12.1 Å². The van der Waals surface area contributed by atoms with Gasteiger partial charge in [0.05, 0.1) is 11.0 Å². The maximum absolute atomic E-state index is 13.5. The van der Waals surface area contributed by atoms with Crippen LogP contribution in [0.3, 0.4) is 0 Å². The van der Waals surface area contributed by atoms with Gasteiger partial charge in [0.2, 0.25) is 0 Å². The third-order valence-corrected chi connectivity index (χ3v) is 3.56. The first-order chi connectivity index (χ1) is 10.2. The van der Waals surface area contributed by atoms with E-state index in [2.05, 4.69) is 22.5 Å². The molecule has 3 rings (SSSR count). The van der Waals surface area contributed by atoms with Crippen LogP contribution in [0.15, 0.2) is 42.5 Å². The number of hydrogen-bond donors (Lipinski definition) is 1. The first-order valence-electron chi connectivity index (χ1n) is 7.10. The smallest absolute Gasteiger partial charge is 0.165 e. The molecule has 0 spiro atoms. The Morgan fingerprint density at radius 3 is 2.76 bits per heavy atom. The van der Waals surface area contributed by atoms with E-state index >= 15 is 0 Å². The van der Waals surface area contributed by atoms with Crippen LogP contribution in [0, 0.1) is 5.82 Å². The summed E-state index contributed by atoms with van der Waals surface area (Å²) in [6.07, 6.45) is 1.56. The van der Waals surface area contributed by atoms with Crippen LogP contribution >= 0.6 is 0 Å². The van der Waals surface area contributed by atoms with Crippen molar-refractivity contribution in [3.05, 3.63) is 59.7 Å². The molecule has 0 atom stereocenters. The molecule has 0 saturated carbocycles. The Bertz CT molecular complexity index is 780. The van der Waals surface area contributed by atoms with Crippen molar-refractivity contribution in [3.8, 4) is 5.75 Å². The van der Waals surface area contributed by atoms with Gasteiger partial charge in [-0.2, -0.15) is 0 Å². The summed E-state index contributed by atoms with van der Waals surface area (Å²) in [5.74, 6) is 0.00889. The molecule has 3 aromatic rings. The average Bonchev–Trinajstić information content (AvgIpc) is 2.81. The molecule has 2 aromatic carbocycles. The Kier molecular flexibility index (Phi) is 3.60. The predicted molar refractivity (Wildman–Crippen MR) is 80.9 cm³/mol. The van der Waals surface area contributed by atoms with Gasteiger partial charge < -0.3 is 9.67 Å². The standard InChI is InChI=1S/C17H17FN2O/c1-2-9-20-15-6-4-3-5-14(15)19-17(20)11-12-7-8-16(21)13(18)10-12/h3-8,10,21H,2,9,11H2,1H3. The fourth-order valence-corrected chi connectivity index (χ4v) is 2.58. The van der Waals surface area contributed by atoms with E-state index in [1.807, 2.05) is 18.2 Å². The first-order valence-corrected chi connectivity index (χ1v) is 7.10. The molecular formula is C17H17FN2O. The van der Waals surface area contributed by atoms with Gasteiger partial charge in [-0.3, -0.25) is 0 Å². The van der Waals surface area contributed by atoms with E-state index < -0.39 is 5.82 Å². The highest BCUT2D eigenvalue weighted by molar-refractivity contribution is 5.76. The Balaban J connectivity index is 2.02. The number of nitrogens with zero attached hydrogens (tertiary/aromatic N) is 2. The van der Waals surface area contributed by atoms with Crippen molar-refractivity contribution in [1.82, 2.24) is 9.55 Å². The predicted octanol–water partition coefficient (Wildman–Crippen LogP) is 3.88. The number of aromatic nitrogens is 2. The van der Waals surface area contributed by atoms with Crippen LogP contribution in [-0.2, 0) is 13.0 Å². The molecular weight excluding hydrogens is 267 g/mol. The molecule has 0 radical (unpaired) electrons. The number of imidazole rings is 1. The SMILES string of the molecule is CCCn1c(Cc2ccc(O)c(F)c2)nc2ccccc21. The van der Waals surface area contributed by atoms with Crippen molar-refractivity contribution < 1.29 is 9.50 Å². The van der Waals surface area contributed by atoms with Crippen LogP contribution in [0.4, 0.5) is 4.39 Å².